The third-order valence-corrected chi connectivity index (χ3v) is 6.98. The topological polar surface area (TPSA) is 63.2 Å². The van der Waals surface area contributed by atoms with Crippen molar-refractivity contribution in [3.8, 4) is 0 Å². The highest BCUT2D eigenvalue weighted by Gasteiger charge is 2.28. The average molecular weight is 428 g/mol. The van der Waals surface area contributed by atoms with Crippen molar-refractivity contribution < 1.29 is 8.42 Å². The van der Waals surface area contributed by atoms with Crippen LogP contribution in [-0.2, 0) is 16.6 Å². The van der Waals surface area contributed by atoms with Gasteiger partial charge in [-0.2, -0.15) is 0 Å². The zero-order valence-electron chi connectivity index (χ0n) is 14.0. The van der Waals surface area contributed by atoms with E-state index in [1.54, 1.807) is 49.4 Å². The first kappa shape index (κ1) is 19.1. The molecule has 1 aromatic heterocycles. The molecular weight excluding hydrogens is 413 g/mol. The predicted molar refractivity (Wildman–Crippen MR) is 106 cm³/mol. The van der Waals surface area contributed by atoms with Crippen LogP contribution in [0.5, 0.6) is 0 Å². The molecule has 0 saturated heterocycles. The van der Waals surface area contributed by atoms with E-state index in [1.165, 1.54) is 15.6 Å². The van der Waals surface area contributed by atoms with Crippen LogP contribution in [0.1, 0.15) is 16.1 Å². The minimum absolute atomic E-state index is 0.0286. The summed E-state index contributed by atoms with van der Waals surface area (Å²) in [5.41, 5.74) is 1.60. The lowest BCUT2D eigenvalue weighted by molar-refractivity contribution is 0.590. The van der Waals surface area contributed by atoms with Crippen molar-refractivity contribution in [1.82, 2.24) is 10.2 Å². The maximum Gasteiger partial charge on any atom is 0.266 e. The second kappa shape index (κ2) is 7.52. The Kier molecular flexibility index (Phi) is 5.53. The summed E-state index contributed by atoms with van der Waals surface area (Å²) in [5.74, 6) is 0. The molecule has 0 saturated carbocycles. The number of hydrogen-bond acceptors (Lipinski definition) is 5. The highest BCUT2D eigenvalue weighted by Crippen LogP contribution is 2.31. The van der Waals surface area contributed by atoms with Crippen molar-refractivity contribution in [1.29, 1.82) is 0 Å². The summed E-state index contributed by atoms with van der Waals surface area (Å²) in [7, 11) is -3.83. The number of aromatic nitrogens is 2. The molecule has 0 N–H and O–H groups in total. The van der Waals surface area contributed by atoms with E-state index in [4.69, 9.17) is 23.2 Å². The van der Waals surface area contributed by atoms with Crippen LogP contribution in [0.15, 0.2) is 47.4 Å². The van der Waals surface area contributed by atoms with Crippen LogP contribution in [0.25, 0.3) is 0 Å². The fourth-order valence-corrected chi connectivity index (χ4v) is 5.04. The Morgan fingerprint density at radius 2 is 1.73 bits per heavy atom. The minimum Gasteiger partial charge on any atom is -0.235 e. The summed E-state index contributed by atoms with van der Waals surface area (Å²) >= 11 is 13.4. The summed E-state index contributed by atoms with van der Waals surface area (Å²) in [6, 6.07) is 11.6. The summed E-state index contributed by atoms with van der Waals surface area (Å²) in [6.07, 6.45) is 0. The molecule has 2 aromatic carbocycles. The first-order chi connectivity index (χ1) is 12.3. The lowest BCUT2D eigenvalue weighted by atomic mass is 10.2. The Balaban J connectivity index is 2.07. The van der Waals surface area contributed by atoms with Gasteiger partial charge in [0.25, 0.3) is 10.0 Å². The van der Waals surface area contributed by atoms with Crippen LogP contribution in [0, 0.1) is 13.8 Å². The van der Waals surface area contributed by atoms with Crippen molar-refractivity contribution in [2.75, 3.05) is 4.31 Å². The Labute approximate surface area is 166 Å². The molecular formula is C17H15Cl2N3O2S2. The number of halogens is 2. The first-order valence-electron chi connectivity index (χ1n) is 7.61. The molecule has 9 heteroatoms. The predicted octanol–water partition coefficient (Wildman–Crippen LogP) is 4.86. The highest BCUT2D eigenvalue weighted by molar-refractivity contribution is 7.93. The van der Waals surface area contributed by atoms with Crippen molar-refractivity contribution in [2.24, 2.45) is 0 Å². The summed E-state index contributed by atoms with van der Waals surface area (Å²) < 4.78 is 27.7. The molecule has 5 nitrogen and oxygen atoms in total. The zero-order chi connectivity index (χ0) is 18.9. The molecule has 3 rings (SSSR count). The molecule has 26 heavy (non-hydrogen) atoms. The second-order valence-electron chi connectivity index (χ2n) is 5.66. The van der Waals surface area contributed by atoms with Gasteiger partial charge in [0.15, 0.2) is 0 Å². The molecule has 0 bridgehead atoms. The molecule has 0 amide bonds. The monoisotopic (exact) mass is 427 g/mol. The highest BCUT2D eigenvalue weighted by atomic mass is 35.5. The summed E-state index contributed by atoms with van der Waals surface area (Å²) in [5, 5.41) is 9.80. The van der Waals surface area contributed by atoms with Crippen LogP contribution >= 0.6 is 34.5 Å². The minimum atomic E-state index is -3.83. The van der Waals surface area contributed by atoms with Crippen molar-refractivity contribution in [2.45, 2.75) is 25.3 Å². The number of aryl methyl sites for hydroxylation is 2. The molecule has 0 unspecified atom stereocenters. The lowest BCUT2D eigenvalue weighted by Crippen LogP contribution is -2.30. The van der Waals surface area contributed by atoms with E-state index in [0.717, 1.165) is 5.56 Å². The van der Waals surface area contributed by atoms with E-state index in [2.05, 4.69) is 10.2 Å². The molecule has 0 fully saturated rings. The van der Waals surface area contributed by atoms with E-state index in [9.17, 15) is 8.42 Å². The molecule has 136 valence electrons. The smallest absolute Gasteiger partial charge is 0.235 e. The lowest BCUT2D eigenvalue weighted by Gasteiger charge is -2.22. The average Bonchev–Trinajstić information content (AvgIpc) is 3.00. The number of rotatable bonds is 5. The van der Waals surface area contributed by atoms with Crippen molar-refractivity contribution in [3.05, 3.63) is 68.6 Å². The molecule has 0 spiro atoms. The molecule has 3 aromatic rings. The van der Waals surface area contributed by atoms with Gasteiger partial charge in [0, 0.05) is 10.0 Å². The van der Waals surface area contributed by atoms with Crippen LogP contribution in [-0.4, -0.2) is 18.6 Å². The van der Waals surface area contributed by atoms with Gasteiger partial charge >= 0.3 is 0 Å². The fourth-order valence-electron chi connectivity index (χ4n) is 2.28. The van der Waals surface area contributed by atoms with Gasteiger partial charge in [-0.15, -0.1) is 10.2 Å². The van der Waals surface area contributed by atoms with Gasteiger partial charge in [0.2, 0.25) is 5.13 Å². The number of benzene rings is 2. The van der Waals surface area contributed by atoms with E-state index < -0.39 is 10.0 Å². The van der Waals surface area contributed by atoms with Gasteiger partial charge < -0.3 is 0 Å². The van der Waals surface area contributed by atoms with Gasteiger partial charge in [-0.25, -0.2) is 12.7 Å². The van der Waals surface area contributed by atoms with Crippen LogP contribution in [0.4, 0.5) is 5.13 Å². The molecule has 0 aliphatic carbocycles. The Morgan fingerprint density at radius 3 is 2.31 bits per heavy atom. The van der Waals surface area contributed by atoms with Crippen LogP contribution in [0.2, 0.25) is 10.0 Å². The number of hydrogen-bond donors (Lipinski definition) is 0. The van der Waals surface area contributed by atoms with E-state index >= 15 is 0 Å². The van der Waals surface area contributed by atoms with Crippen molar-refractivity contribution in [3.63, 3.8) is 0 Å². The van der Waals surface area contributed by atoms with E-state index in [1.807, 2.05) is 6.92 Å². The quantitative estimate of drug-likeness (QED) is 0.583. The summed E-state index contributed by atoms with van der Waals surface area (Å²) in [4.78, 5) is 0.182. The van der Waals surface area contributed by atoms with E-state index in [0.29, 0.717) is 20.6 Å². The van der Waals surface area contributed by atoms with Gasteiger partial charge in [-0.1, -0.05) is 58.3 Å². The Hall–Kier alpha value is -1.67. The first-order valence-corrected chi connectivity index (χ1v) is 10.6. The Bertz CT molecular complexity index is 1030. The molecule has 0 atom stereocenters. The number of anilines is 1. The molecule has 0 aliphatic rings. The Morgan fingerprint density at radius 1 is 1.04 bits per heavy atom. The van der Waals surface area contributed by atoms with Gasteiger partial charge in [0.1, 0.15) is 5.01 Å². The van der Waals surface area contributed by atoms with Crippen LogP contribution < -0.4 is 4.31 Å². The van der Waals surface area contributed by atoms with Crippen LogP contribution in [0.3, 0.4) is 0 Å². The molecule has 1 heterocycles. The zero-order valence-corrected chi connectivity index (χ0v) is 17.1. The third-order valence-electron chi connectivity index (χ3n) is 3.67. The standard InChI is InChI=1S/C17H15Cl2N3O2S2/c1-11-3-7-15(8-4-11)26(23,24)22(17-21-20-12(2)25-17)10-13-5-6-14(18)9-16(13)19/h3-9H,10H2,1-2H3. The van der Waals surface area contributed by atoms with Gasteiger partial charge in [-0.3, -0.25) is 0 Å². The van der Waals surface area contributed by atoms with Gasteiger partial charge in [0.05, 0.1) is 11.4 Å². The summed E-state index contributed by atoms with van der Waals surface area (Å²) in [6.45, 7) is 3.70. The van der Waals surface area contributed by atoms with Gasteiger partial charge in [-0.05, 0) is 43.7 Å². The number of sulfonamides is 1. The molecule has 0 aliphatic heterocycles. The van der Waals surface area contributed by atoms with E-state index in [-0.39, 0.29) is 16.6 Å². The molecule has 0 radical (unpaired) electrons. The SMILES string of the molecule is Cc1ccc(S(=O)(=O)N(Cc2ccc(Cl)cc2Cl)c2nnc(C)s2)cc1. The largest absolute Gasteiger partial charge is 0.266 e. The maximum atomic E-state index is 13.2. The fraction of sp³-hybridized carbons (Fsp3) is 0.176. The maximum absolute atomic E-state index is 13.2. The third kappa shape index (κ3) is 4.01. The van der Waals surface area contributed by atoms with Crippen molar-refractivity contribution >= 4 is 49.7 Å². The normalized spacial score (nSPS) is 11.5. The second-order valence-corrected chi connectivity index (χ2v) is 9.53. The number of nitrogens with zero attached hydrogens (tertiary/aromatic N) is 3.